The zero-order chi connectivity index (χ0) is 16.4. The third-order valence-electron chi connectivity index (χ3n) is 6.32. The van der Waals surface area contributed by atoms with Gasteiger partial charge in [-0.3, -0.25) is 14.6 Å². The van der Waals surface area contributed by atoms with Gasteiger partial charge in [-0.2, -0.15) is 0 Å². The fourth-order valence-corrected chi connectivity index (χ4v) is 4.64. The first-order valence-electron chi connectivity index (χ1n) is 9.57. The molecular weight excluding hydrogens is 288 g/mol. The lowest BCUT2D eigenvalue weighted by Gasteiger charge is -2.37. The van der Waals surface area contributed by atoms with Crippen molar-refractivity contribution in [2.75, 3.05) is 39.3 Å². The first-order chi connectivity index (χ1) is 11.0. The largest absolute Gasteiger partial charge is 0.340 e. The number of carbonyl (C=O) groups is 1. The molecule has 3 aliphatic rings. The molecule has 0 spiro atoms. The molecule has 0 aromatic rings. The summed E-state index contributed by atoms with van der Waals surface area (Å²) in [5.41, 5.74) is 5.95. The normalized spacial score (nSPS) is 36.7. The molecule has 2 aliphatic heterocycles. The Morgan fingerprint density at radius 3 is 2.17 bits per heavy atom. The van der Waals surface area contributed by atoms with Crippen LogP contribution >= 0.6 is 0 Å². The molecule has 2 N–H and O–H groups in total. The summed E-state index contributed by atoms with van der Waals surface area (Å²) >= 11 is 0. The zero-order valence-corrected chi connectivity index (χ0v) is 14.9. The van der Waals surface area contributed by atoms with E-state index in [4.69, 9.17) is 5.73 Å². The van der Waals surface area contributed by atoms with Crippen molar-refractivity contribution in [1.29, 1.82) is 0 Å². The van der Waals surface area contributed by atoms with Gasteiger partial charge in [-0.1, -0.05) is 0 Å². The molecule has 3 fully saturated rings. The summed E-state index contributed by atoms with van der Waals surface area (Å²) in [6, 6.07) is 1.72. The second-order valence-electron chi connectivity index (χ2n) is 7.95. The van der Waals surface area contributed by atoms with Crippen LogP contribution < -0.4 is 5.73 Å². The molecule has 1 aliphatic carbocycles. The molecule has 1 saturated carbocycles. The average molecular weight is 322 g/mol. The maximum Gasteiger partial charge on any atom is 0.225 e. The smallest absolute Gasteiger partial charge is 0.225 e. The second kappa shape index (κ2) is 7.49. The van der Waals surface area contributed by atoms with E-state index in [1.54, 1.807) is 0 Å². The maximum absolute atomic E-state index is 12.5. The Bertz CT molecular complexity index is 398. The Kier molecular flexibility index (Phi) is 5.60. The van der Waals surface area contributed by atoms with E-state index in [0.29, 0.717) is 5.91 Å². The van der Waals surface area contributed by atoms with Crippen molar-refractivity contribution in [2.24, 2.45) is 11.7 Å². The average Bonchev–Trinajstić information content (AvgIpc) is 3.12. The molecule has 0 bridgehead atoms. The van der Waals surface area contributed by atoms with Gasteiger partial charge in [-0.05, 0) is 46.0 Å². The highest BCUT2D eigenvalue weighted by molar-refractivity contribution is 5.79. The van der Waals surface area contributed by atoms with Crippen LogP contribution in [0.5, 0.6) is 0 Å². The molecule has 23 heavy (non-hydrogen) atoms. The summed E-state index contributed by atoms with van der Waals surface area (Å²) < 4.78 is 0. The topological polar surface area (TPSA) is 52.8 Å². The summed E-state index contributed by atoms with van der Waals surface area (Å²) in [6.45, 7) is 10.9. The molecule has 0 aromatic heterocycles. The summed E-state index contributed by atoms with van der Waals surface area (Å²) in [4.78, 5) is 19.8. The van der Waals surface area contributed by atoms with E-state index in [1.165, 1.54) is 19.4 Å². The second-order valence-corrected chi connectivity index (χ2v) is 7.95. The van der Waals surface area contributed by atoms with Crippen molar-refractivity contribution >= 4 is 5.91 Å². The van der Waals surface area contributed by atoms with Gasteiger partial charge >= 0.3 is 0 Å². The van der Waals surface area contributed by atoms with Gasteiger partial charge in [-0.25, -0.2) is 0 Å². The number of hydrogen-bond donors (Lipinski definition) is 1. The van der Waals surface area contributed by atoms with Gasteiger partial charge < -0.3 is 10.6 Å². The number of amides is 1. The van der Waals surface area contributed by atoms with Crippen LogP contribution in [0.4, 0.5) is 0 Å². The number of carbonyl (C=O) groups excluding carboxylic acids is 1. The van der Waals surface area contributed by atoms with Gasteiger partial charge in [-0.15, -0.1) is 0 Å². The summed E-state index contributed by atoms with van der Waals surface area (Å²) in [5, 5.41) is 0. The molecule has 0 radical (unpaired) electrons. The highest BCUT2D eigenvalue weighted by atomic mass is 16.2. The van der Waals surface area contributed by atoms with Crippen molar-refractivity contribution in [3.63, 3.8) is 0 Å². The van der Waals surface area contributed by atoms with Crippen molar-refractivity contribution in [1.82, 2.24) is 14.7 Å². The molecule has 0 unspecified atom stereocenters. The van der Waals surface area contributed by atoms with E-state index in [1.807, 2.05) is 0 Å². The van der Waals surface area contributed by atoms with Crippen LogP contribution in [-0.2, 0) is 4.79 Å². The number of nitrogens with zero attached hydrogens (tertiary/aromatic N) is 3. The fourth-order valence-electron chi connectivity index (χ4n) is 4.64. The highest BCUT2D eigenvalue weighted by Crippen LogP contribution is 2.26. The van der Waals surface area contributed by atoms with E-state index in [-0.39, 0.29) is 12.0 Å². The first kappa shape index (κ1) is 17.2. The van der Waals surface area contributed by atoms with Crippen molar-refractivity contribution < 1.29 is 4.79 Å². The molecule has 2 saturated heterocycles. The van der Waals surface area contributed by atoms with Crippen LogP contribution in [0.3, 0.4) is 0 Å². The van der Waals surface area contributed by atoms with Gasteiger partial charge in [0.2, 0.25) is 5.91 Å². The SMILES string of the molecule is C[C@@H]1CC[C@H](C)N1CCN1CCN(C(=O)[C@H]2CC[C@H](N)C2)CC1. The Balaban J connectivity index is 1.39. The minimum absolute atomic E-state index is 0.197. The van der Waals surface area contributed by atoms with Crippen molar-refractivity contribution in [2.45, 2.75) is 64.1 Å². The fraction of sp³-hybridized carbons (Fsp3) is 0.944. The van der Waals surface area contributed by atoms with Crippen LogP contribution in [0.15, 0.2) is 0 Å². The molecule has 5 nitrogen and oxygen atoms in total. The Morgan fingerprint density at radius 1 is 0.957 bits per heavy atom. The molecule has 3 rings (SSSR count). The first-order valence-corrected chi connectivity index (χ1v) is 9.57. The summed E-state index contributed by atoms with van der Waals surface area (Å²) in [5.74, 6) is 0.558. The minimum Gasteiger partial charge on any atom is -0.340 e. The van der Waals surface area contributed by atoms with Crippen molar-refractivity contribution in [3.8, 4) is 0 Å². The Hall–Kier alpha value is -0.650. The number of hydrogen-bond acceptors (Lipinski definition) is 4. The van der Waals surface area contributed by atoms with Gasteiger partial charge in [0.15, 0.2) is 0 Å². The number of likely N-dealkylation sites (tertiary alicyclic amines) is 1. The van der Waals surface area contributed by atoms with E-state index in [0.717, 1.165) is 64.1 Å². The molecule has 4 atom stereocenters. The Morgan fingerprint density at radius 2 is 1.61 bits per heavy atom. The maximum atomic E-state index is 12.5. The molecule has 0 aromatic carbocycles. The van der Waals surface area contributed by atoms with E-state index < -0.39 is 0 Å². The van der Waals surface area contributed by atoms with Gasteiger partial charge in [0.05, 0.1) is 0 Å². The lowest BCUT2D eigenvalue weighted by atomic mass is 10.1. The third-order valence-corrected chi connectivity index (χ3v) is 6.32. The molecule has 2 heterocycles. The van der Waals surface area contributed by atoms with Crippen molar-refractivity contribution in [3.05, 3.63) is 0 Å². The third kappa shape index (κ3) is 4.06. The van der Waals surface area contributed by atoms with Gasteiger partial charge in [0.25, 0.3) is 0 Å². The number of piperazine rings is 1. The molecule has 5 heteroatoms. The minimum atomic E-state index is 0.197. The number of nitrogens with two attached hydrogens (primary N) is 1. The predicted molar refractivity (Wildman–Crippen MR) is 93.2 cm³/mol. The van der Waals surface area contributed by atoms with E-state index >= 15 is 0 Å². The van der Waals surface area contributed by atoms with Crippen LogP contribution in [-0.4, -0.2) is 78.0 Å². The highest BCUT2D eigenvalue weighted by Gasteiger charge is 2.33. The lowest BCUT2D eigenvalue weighted by Crippen LogP contribution is -2.52. The van der Waals surface area contributed by atoms with E-state index in [2.05, 4.69) is 28.5 Å². The monoisotopic (exact) mass is 322 g/mol. The lowest BCUT2D eigenvalue weighted by molar-refractivity contribution is -0.137. The standard InChI is InChI=1S/C18H34N4O/c1-14-3-4-15(2)22(14)12-9-20-7-10-21(11-8-20)18(23)16-5-6-17(19)13-16/h14-17H,3-13,19H2,1-2H3/t14-,15+,16-,17-/m0/s1. The van der Waals surface area contributed by atoms with Crippen LogP contribution in [0.1, 0.15) is 46.0 Å². The van der Waals surface area contributed by atoms with Gasteiger partial charge in [0, 0.05) is 63.3 Å². The van der Waals surface area contributed by atoms with Crippen LogP contribution in [0.25, 0.3) is 0 Å². The molecular formula is C18H34N4O. The number of rotatable bonds is 4. The summed E-state index contributed by atoms with van der Waals surface area (Å²) in [7, 11) is 0. The predicted octanol–water partition coefficient (Wildman–Crippen LogP) is 1.13. The van der Waals surface area contributed by atoms with Crippen LogP contribution in [0.2, 0.25) is 0 Å². The van der Waals surface area contributed by atoms with Gasteiger partial charge in [0.1, 0.15) is 0 Å². The summed E-state index contributed by atoms with van der Waals surface area (Å²) in [6.07, 6.45) is 5.58. The van der Waals surface area contributed by atoms with E-state index in [9.17, 15) is 4.79 Å². The van der Waals surface area contributed by atoms with Crippen LogP contribution in [0, 0.1) is 5.92 Å². The zero-order valence-electron chi connectivity index (χ0n) is 14.9. The Labute approximate surface area is 141 Å². The molecule has 132 valence electrons. The quantitative estimate of drug-likeness (QED) is 0.843. The molecule has 1 amide bonds.